The van der Waals surface area contributed by atoms with E-state index in [4.69, 9.17) is 4.74 Å². The lowest BCUT2D eigenvalue weighted by molar-refractivity contribution is 0.101. The molecule has 0 unspecified atom stereocenters. The zero-order chi connectivity index (χ0) is 10.8. The van der Waals surface area contributed by atoms with Crippen molar-refractivity contribution in [1.29, 1.82) is 0 Å². The molecule has 1 aliphatic carbocycles. The summed E-state index contributed by atoms with van der Waals surface area (Å²) in [5, 5.41) is 9.75. The molecule has 0 aromatic heterocycles. The van der Waals surface area contributed by atoms with Crippen molar-refractivity contribution in [2.24, 2.45) is 0 Å². The lowest BCUT2D eigenvalue weighted by Crippen LogP contribution is -2.30. The molecular formula is C11H13BrO2S. The molecule has 1 saturated carbocycles. The molecule has 1 aliphatic rings. The summed E-state index contributed by atoms with van der Waals surface area (Å²) in [5.74, 6) is 0.907. The van der Waals surface area contributed by atoms with Gasteiger partial charge in [-0.25, -0.2) is 0 Å². The summed E-state index contributed by atoms with van der Waals surface area (Å²) in [6.07, 6.45) is 1.68. The van der Waals surface area contributed by atoms with Crippen LogP contribution in [-0.4, -0.2) is 23.6 Å². The molecule has 0 bridgehead atoms. The second-order valence-corrected chi connectivity index (χ2v) is 5.92. The molecule has 0 radical (unpaired) electrons. The van der Waals surface area contributed by atoms with Crippen LogP contribution in [0.3, 0.4) is 0 Å². The molecule has 15 heavy (non-hydrogen) atoms. The molecule has 2 nitrogen and oxygen atoms in total. The van der Waals surface area contributed by atoms with Crippen molar-refractivity contribution in [2.75, 3.05) is 7.11 Å². The van der Waals surface area contributed by atoms with Crippen LogP contribution < -0.4 is 4.74 Å². The van der Waals surface area contributed by atoms with Gasteiger partial charge in [-0.15, -0.1) is 11.8 Å². The van der Waals surface area contributed by atoms with Gasteiger partial charge in [0.1, 0.15) is 5.75 Å². The van der Waals surface area contributed by atoms with Crippen LogP contribution in [0.5, 0.6) is 5.75 Å². The third-order valence-corrected chi connectivity index (χ3v) is 4.27. The van der Waals surface area contributed by atoms with Crippen LogP contribution in [0.2, 0.25) is 0 Å². The first kappa shape index (κ1) is 11.3. The van der Waals surface area contributed by atoms with E-state index in [1.165, 1.54) is 0 Å². The number of aliphatic hydroxyl groups excluding tert-OH is 1. The molecule has 4 heteroatoms. The molecule has 0 heterocycles. The Balaban J connectivity index is 2.08. The molecular weight excluding hydrogens is 276 g/mol. The van der Waals surface area contributed by atoms with E-state index < -0.39 is 0 Å². The summed E-state index contributed by atoms with van der Waals surface area (Å²) >= 11 is 5.23. The monoisotopic (exact) mass is 288 g/mol. The van der Waals surface area contributed by atoms with Crippen LogP contribution in [0.15, 0.2) is 27.6 Å². The Bertz CT molecular complexity index is 350. The molecule has 0 aliphatic heterocycles. The Morgan fingerprint density at radius 3 is 2.80 bits per heavy atom. The van der Waals surface area contributed by atoms with E-state index in [2.05, 4.69) is 22.0 Å². The van der Waals surface area contributed by atoms with Crippen molar-refractivity contribution in [1.82, 2.24) is 0 Å². The van der Waals surface area contributed by atoms with Crippen molar-refractivity contribution in [3.8, 4) is 5.75 Å². The number of aliphatic hydroxyl groups is 1. The predicted molar refractivity (Wildman–Crippen MR) is 65.6 cm³/mol. The number of benzene rings is 1. The highest BCUT2D eigenvalue weighted by atomic mass is 79.9. The highest BCUT2D eigenvalue weighted by Gasteiger charge is 2.28. The van der Waals surface area contributed by atoms with Crippen LogP contribution in [-0.2, 0) is 0 Å². The molecule has 1 aromatic carbocycles. The zero-order valence-electron chi connectivity index (χ0n) is 8.44. The van der Waals surface area contributed by atoms with Crippen LogP contribution in [0, 0.1) is 0 Å². The van der Waals surface area contributed by atoms with E-state index in [1.807, 2.05) is 12.1 Å². The average Bonchev–Trinajstić information content (AvgIpc) is 2.16. The lowest BCUT2D eigenvalue weighted by atomic mass is 9.96. The number of hydrogen-bond acceptors (Lipinski definition) is 3. The minimum Gasteiger partial charge on any atom is -0.496 e. The third-order valence-electron chi connectivity index (χ3n) is 2.49. The van der Waals surface area contributed by atoms with Gasteiger partial charge in [0.15, 0.2) is 0 Å². The van der Waals surface area contributed by atoms with Gasteiger partial charge in [0, 0.05) is 9.72 Å². The first-order chi connectivity index (χ1) is 7.19. The van der Waals surface area contributed by atoms with Crippen LogP contribution in [0.1, 0.15) is 12.8 Å². The fraction of sp³-hybridized carbons (Fsp3) is 0.455. The van der Waals surface area contributed by atoms with E-state index in [-0.39, 0.29) is 6.10 Å². The van der Waals surface area contributed by atoms with Gasteiger partial charge in [0.25, 0.3) is 0 Å². The molecule has 1 fully saturated rings. The van der Waals surface area contributed by atoms with E-state index in [0.29, 0.717) is 5.25 Å². The minimum absolute atomic E-state index is 0.0966. The highest BCUT2D eigenvalue weighted by Crippen LogP contribution is 2.41. The summed E-state index contributed by atoms with van der Waals surface area (Å²) < 4.78 is 6.35. The maximum atomic E-state index is 9.22. The second-order valence-electron chi connectivity index (χ2n) is 3.66. The van der Waals surface area contributed by atoms with Crippen molar-refractivity contribution in [3.63, 3.8) is 0 Å². The number of hydrogen-bond donors (Lipinski definition) is 1. The first-order valence-corrected chi connectivity index (χ1v) is 6.54. The van der Waals surface area contributed by atoms with E-state index in [0.717, 1.165) is 28.0 Å². The Kier molecular flexibility index (Phi) is 3.59. The van der Waals surface area contributed by atoms with E-state index >= 15 is 0 Å². The molecule has 2 rings (SSSR count). The van der Waals surface area contributed by atoms with Crippen molar-refractivity contribution in [3.05, 3.63) is 22.7 Å². The van der Waals surface area contributed by atoms with Crippen LogP contribution >= 0.6 is 27.7 Å². The highest BCUT2D eigenvalue weighted by molar-refractivity contribution is 9.10. The molecule has 0 amide bonds. The van der Waals surface area contributed by atoms with Gasteiger partial charge in [-0.1, -0.05) is 15.9 Å². The fourth-order valence-electron chi connectivity index (χ4n) is 1.56. The Morgan fingerprint density at radius 2 is 2.20 bits per heavy atom. The Morgan fingerprint density at radius 1 is 1.47 bits per heavy atom. The predicted octanol–water partition coefficient (Wildman–Crippen LogP) is 3.07. The van der Waals surface area contributed by atoms with Gasteiger partial charge >= 0.3 is 0 Å². The third kappa shape index (κ3) is 2.68. The van der Waals surface area contributed by atoms with Gasteiger partial charge in [0.05, 0.1) is 18.1 Å². The summed E-state index contributed by atoms with van der Waals surface area (Å²) in [4.78, 5) is 1.14. The van der Waals surface area contributed by atoms with Crippen molar-refractivity contribution in [2.45, 2.75) is 29.1 Å². The first-order valence-electron chi connectivity index (χ1n) is 4.87. The summed E-state index contributed by atoms with van der Waals surface area (Å²) in [6.45, 7) is 0. The number of methoxy groups -OCH3 is 1. The second kappa shape index (κ2) is 4.76. The van der Waals surface area contributed by atoms with E-state index in [1.54, 1.807) is 18.9 Å². The summed E-state index contributed by atoms with van der Waals surface area (Å²) in [6, 6.07) is 5.99. The largest absolute Gasteiger partial charge is 0.496 e. The van der Waals surface area contributed by atoms with Crippen LogP contribution in [0.25, 0.3) is 0 Å². The number of rotatable bonds is 3. The molecule has 0 atom stereocenters. The summed E-state index contributed by atoms with van der Waals surface area (Å²) in [5.41, 5.74) is 0. The average molecular weight is 289 g/mol. The summed E-state index contributed by atoms with van der Waals surface area (Å²) in [7, 11) is 1.68. The van der Waals surface area contributed by atoms with Gasteiger partial charge in [0.2, 0.25) is 0 Å². The zero-order valence-corrected chi connectivity index (χ0v) is 10.8. The van der Waals surface area contributed by atoms with Gasteiger partial charge < -0.3 is 9.84 Å². The van der Waals surface area contributed by atoms with Crippen molar-refractivity contribution >= 4 is 27.7 Å². The maximum Gasteiger partial charge on any atom is 0.132 e. The molecule has 1 aromatic rings. The van der Waals surface area contributed by atoms with Crippen molar-refractivity contribution < 1.29 is 9.84 Å². The number of ether oxygens (including phenoxy) is 1. The lowest BCUT2D eigenvalue weighted by Gasteiger charge is -2.31. The van der Waals surface area contributed by atoms with Gasteiger partial charge in [-0.2, -0.15) is 0 Å². The SMILES string of the molecule is COc1ccc(Br)cc1S[C@H]1C[C@@H](O)C1. The standard InChI is InChI=1S/C11H13BrO2S/c1-14-10-3-2-7(12)4-11(10)15-9-5-8(13)6-9/h2-4,8-9,13H,5-6H2,1H3/t8-,9+. The van der Waals surface area contributed by atoms with Gasteiger partial charge in [-0.3, -0.25) is 0 Å². The molecule has 0 saturated heterocycles. The smallest absolute Gasteiger partial charge is 0.132 e. The molecule has 0 spiro atoms. The van der Waals surface area contributed by atoms with Gasteiger partial charge in [-0.05, 0) is 31.0 Å². The molecule has 82 valence electrons. The number of thioether (sulfide) groups is 1. The normalized spacial score (nSPS) is 24.7. The quantitative estimate of drug-likeness (QED) is 0.927. The van der Waals surface area contributed by atoms with E-state index in [9.17, 15) is 5.11 Å². The Labute approximate surface area is 102 Å². The maximum absolute atomic E-state index is 9.22. The van der Waals surface area contributed by atoms with Crippen LogP contribution in [0.4, 0.5) is 0 Å². The Hall–Kier alpha value is -0.190. The minimum atomic E-state index is -0.0966. The number of halogens is 1. The fourth-order valence-corrected chi connectivity index (χ4v) is 3.53. The molecule has 1 N–H and O–H groups in total. The topological polar surface area (TPSA) is 29.5 Å².